The number of hydrogen-bond acceptors (Lipinski definition) is 3. The zero-order valence-corrected chi connectivity index (χ0v) is 14.5. The van der Waals surface area contributed by atoms with Crippen LogP contribution in [0.3, 0.4) is 0 Å². The van der Waals surface area contributed by atoms with E-state index >= 15 is 0 Å². The van der Waals surface area contributed by atoms with Crippen molar-refractivity contribution in [3.63, 3.8) is 0 Å². The zero-order valence-electron chi connectivity index (χ0n) is 13.7. The quantitative estimate of drug-likeness (QED) is 0.875. The summed E-state index contributed by atoms with van der Waals surface area (Å²) in [6.45, 7) is 6.69. The highest BCUT2D eigenvalue weighted by atomic mass is 32.1. The predicted octanol–water partition coefficient (Wildman–Crippen LogP) is 4.57. The number of carbonyl (C=O) groups excluding carboxylic acids is 1. The van der Waals surface area contributed by atoms with Gasteiger partial charge >= 0.3 is 6.03 Å². The molecule has 2 rings (SSSR count). The first-order chi connectivity index (χ1) is 11.0. The van der Waals surface area contributed by atoms with E-state index in [0.29, 0.717) is 13.0 Å². The Kier molecular flexibility index (Phi) is 5.78. The van der Waals surface area contributed by atoms with Crippen LogP contribution in [0.2, 0.25) is 0 Å². The van der Waals surface area contributed by atoms with Crippen LogP contribution in [0, 0.1) is 18.3 Å². The molecule has 0 aliphatic heterocycles. The largest absolute Gasteiger partial charge is 0.322 e. The highest BCUT2D eigenvalue weighted by molar-refractivity contribution is 7.11. The van der Waals surface area contributed by atoms with Crippen molar-refractivity contribution < 1.29 is 4.79 Å². The first-order valence-corrected chi connectivity index (χ1v) is 8.40. The minimum Gasteiger partial charge on any atom is -0.317 e. The predicted molar refractivity (Wildman–Crippen MR) is 94.5 cm³/mol. The normalized spacial score (nSPS) is 10.4. The summed E-state index contributed by atoms with van der Waals surface area (Å²) in [5.41, 5.74) is 1.69. The number of nitrogens with one attached hydrogen (secondary N) is 1. The number of amides is 2. The van der Waals surface area contributed by atoms with Gasteiger partial charge in [-0.2, -0.15) is 5.26 Å². The Labute approximate surface area is 141 Å². The fraction of sp³-hybridized carbons (Fsp3) is 0.333. The van der Waals surface area contributed by atoms with Crippen LogP contribution in [0.1, 0.15) is 29.2 Å². The summed E-state index contributed by atoms with van der Waals surface area (Å²) in [6, 6.07) is 13.6. The van der Waals surface area contributed by atoms with Crippen LogP contribution in [0.4, 0.5) is 10.5 Å². The number of nitrogens with zero attached hydrogens (tertiary/aromatic N) is 2. The summed E-state index contributed by atoms with van der Waals surface area (Å²) >= 11 is 1.71. The van der Waals surface area contributed by atoms with Gasteiger partial charge in [-0.25, -0.2) is 4.79 Å². The van der Waals surface area contributed by atoms with Gasteiger partial charge in [-0.1, -0.05) is 12.1 Å². The van der Waals surface area contributed by atoms with Crippen LogP contribution >= 0.6 is 11.3 Å². The number of carbonyl (C=O) groups is 1. The second kappa shape index (κ2) is 7.80. The topological polar surface area (TPSA) is 56.1 Å². The van der Waals surface area contributed by atoms with Gasteiger partial charge in [0.1, 0.15) is 0 Å². The second-order valence-corrected chi connectivity index (χ2v) is 7.07. The summed E-state index contributed by atoms with van der Waals surface area (Å²) in [5.74, 6) is 0. The molecule has 2 aromatic rings. The standard InChI is InChI=1S/C18H21N3OS/c1-13(2)21(12-17-9-4-14(3)23-17)18(22)20-16-7-5-15(6-8-16)10-11-19/h4-9,13H,10,12H2,1-3H3,(H,20,22). The molecule has 0 aliphatic carbocycles. The molecule has 0 radical (unpaired) electrons. The third-order valence-corrected chi connectivity index (χ3v) is 4.48. The number of benzene rings is 1. The van der Waals surface area contributed by atoms with E-state index in [1.54, 1.807) is 11.3 Å². The van der Waals surface area contributed by atoms with Crippen LogP contribution in [0.5, 0.6) is 0 Å². The molecule has 0 fully saturated rings. The first kappa shape index (κ1) is 17.0. The lowest BCUT2D eigenvalue weighted by atomic mass is 10.1. The lowest BCUT2D eigenvalue weighted by Gasteiger charge is -2.26. The Morgan fingerprint density at radius 2 is 1.96 bits per heavy atom. The Morgan fingerprint density at radius 3 is 2.48 bits per heavy atom. The summed E-state index contributed by atoms with van der Waals surface area (Å²) in [4.78, 5) is 16.8. The lowest BCUT2D eigenvalue weighted by molar-refractivity contribution is 0.194. The summed E-state index contributed by atoms with van der Waals surface area (Å²) in [7, 11) is 0. The molecule has 4 nitrogen and oxygen atoms in total. The average molecular weight is 327 g/mol. The van der Waals surface area contributed by atoms with E-state index in [4.69, 9.17) is 5.26 Å². The molecule has 0 saturated heterocycles. The van der Waals surface area contributed by atoms with Crippen molar-refractivity contribution in [1.29, 1.82) is 5.26 Å². The smallest absolute Gasteiger partial charge is 0.317 e. The number of aryl methyl sites for hydroxylation is 1. The van der Waals surface area contributed by atoms with E-state index in [1.807, 2.05) is 43.0 Å². The third-order valence-electron chi connectivity index (χ3n) is 3.49. The van der Waals surface area contributed by atoms with E-state index in [1.165, 1.54) is 9.75 Å². The van der Waals surface area contributed by atoms with E-state index < -0.39 is 0 Å². The Balaban J connectivity index is 2.04. The van der Waals surface area contributed by atoms with E-state index in [0.717, 1.165) is 11.3 Å². The molecule has 1 heterocycles. The van der Waals surface area contributed by atoms with Crippen molar-refractivity contribution in [3.05, 3.63) is 51.7 Å². The molecule has 2 amide bonds. The molecule has 120 valence electrons. The van der Waals surface area contributed by atoms with Crippen molar-refractivity contribution in [1.82, 2.24) is 4.90 Å². The van der Waals surface area contributed by atoms with Crippen molar-refractivity contribution in [2.75, 3.05) is 5.32 Å². The molecule has 0 aliphatic rings. The van der Waals surface area contributed by atoms with Crippen LogP contribution in [-0.2, 0) is 13.0 Å². The van der Waals surface area contributed by atoms with Crippen molar-refractivity contribution in [2.45, 2.75) is 39.8 Å². The van der Waals surface area contributed by atoms with Crippen LogP contribution < -0.4 is 5.32 Å². The molecule has 5 heteroatoms. The molecule has 0 saturated carbocycles. The molecule has 0 bridgehead atoms. The zero-order chi connectivity index (χ0) is 16.8. The highest BCUT2D eigenvalue weighted by Crippen LogP contribution is 2.19. The first-order valence-electron chi connectivity index (χ1n) is 7.58. The highest BCUT2D eigenvalue weighted by Gasteiger charge is 2.18. The van der Waals surface area contributed by atoms with Gasteiger partial charge in [0.2, 0.25) is 0 Å². The fourth-order valence-electron chi connectivity index (χ4n) is 2.22. The molecule has 0 atom stereocenters. The number of anilines is 1. The maximum Gasteiger partial charge on any atom is 0.322 e. The van der Waals surface area contributed by atoms with Gasteiger partial charge in [-0.05, 0) is 50.6 Å². The molecule has 0 spiro atoms. The molecular weight excluding hydrogens is 306 g/mol. The van der Waals surface area contributed by atoms with E-state index in [-0.39, 0.29) is 12.1 Å². The summed E-state index contributed by atoms with van der Waals surface area (Å²) in [5, 5.41) is 11.6. The van der Waals surface area contributed by atoms with Gasteiger partial charge in [-0.15, -0.1) is 11.3 Å². The Bertz CT molecular complexity index is 698. The number of rotatable bonds is 5. The number of nitriles is 1. The number of thiophene rings is 1. The van der Waals surface area contributed by atoms with Crippen molar-refractivity contribution >= 4 is 23.1 Å². The molecule has 23 heavy (non-hydrogen) atoms. The van der Waals surface area contributed by atoms with Crippen molar-refractivity contribution in [3.8, 4) is 6.07 Å². The van der Waals surface area contributed by atoms with Gasteiger partial charge in [0.05, 0.1) is 19.0 Å². The van der Waals surface area contributed by atoms with Gasteiger partial charge in [0.25, 0.3) is 0 Å². The summed E-state index contributed by atoms with van der Waals surface area (Å²) in [6.07, 6.45) is 0.379. The van der Waals surface area contributed by atoms with Gasteiger partial charge in [0.15, 0.2) is 0 Å². The SMILES string of the molecule is Cc1ccc(CN(C(=O)Nc2ccc(CC#N)cc2)C(C)C)s1. The Morgan fingerprint density at radius 1 is 1.26 bits per heavy atom. The van der Waals surface area contributed by atoms with Crippen LogP contribution in [0.15, 0.2) is 36.4 Å². The van der Waals surface area contributed by atoms with Crippen LogP contribution in [0.25, 0.3) is 0 Å². The molecular formula is C18H21N3OS. The van der Waals surface area contributed by atoms with Crippen molar-refractivity contribution in [2.24, 2.45) is 0 Å². The molecule has 0 unspecified atom stereocenters. The lowest BCUT2D eigenvalue weighted by Crippen LogP contribution is -2.39. The Hall–Kier alpha value is -2.32. The molecule has 1 aromatic carbocycles. The van der Waals surface area contributed by atoms with Gasteiger partial charge < -0.3 is 10.2 Å². The fourth-order valence-corrected chi connectivity index (χ4v) is 3.11. The number of urea groups is 1. The minimum absolute atomic E-state index is 0.107. The minimum atomic E-state index is -0.112. The maximum atomic E-state index is 12.5. The molecule has 1 aromatic heterocycles. The van der Waals surface area contributed by atoms with Gasteiger partial charge in [0, 0.05) is 21.5 Å². The third kappa shape index (κ3) is 4.83. The molecule has 1 N–H and O–H groups in total. The second-order valence-electron chi connectivity index (χ2n) is 5.70. The maximum absolute atomic E-state index is 12.5. The number of hydrogen-bond donors (Lipinski definition) is 1. The average Bonchev–Trinajstić information content (AvgIpc) is 2.92. The van der Waals surface area contributed by atoms with Gasteiger partial charge in [-0.3, -0.25) is 0 Å². The monoisotopic (exact) mass is 327 g/mol. The summed E-state index contributed by atoms with van der Waals surface area (Å²) < 4.78 is 0. The van der Waals surface area contributed by atoms with E-state index in [2.05, 4.69) is 30.4 Å². The van der Waals surface area contributed by atoms with Crippen LogP contribution in [-0.4, -0.2) is 17.0 Å². The van der Waals surface area contributed by atoms with E-state index in [9.17, 15) is 4.79 Å².